The maximum Gasteiger partial charge on any atom is 0.274 e. The highest BCUT2D eigenvalue weighted by molar-refractivity contribution is 5.67. The predicted molar refractivity (Wildman–Crippen MR) is 79.5 cm³/mol. The number of nitrogens with one attached hydrogen (secondary N) is 1. The Hall–Kier alpha value is -2.94. The molecule has 0 saturated carbocycles. The van der Waals surface area contributed by atoms with E-state index in [9.17, 15) is 15.4 Å². The van der Waals surface area contributed by atoms with Crippen LogP contribution in [0.5, 0.6) is 0 Å². The van der Waals surface area contributed by atoms with Gasteiger partial charge in [0.25, 0.3) is 5.69 Å². The minimum atomic E-state index is -0.430. The monoisotopic (exact) mass is 282 g/mol. The van der Waals surface area contributed by atoms with Crippen molar-refractivity contribution in [1.29, 1.82) is 5.26 Å². The van der Waals surface area contributed by atoms with Gasteiger partial charge in [-0.15, -0.1) is 0 Å². The van der Waals surface area contributed by atoms with Gasteiger partial charge < -0.3 is 5.32 Å². The first-order valence-electron chi connectivity index (χ1n) is 6.32. The molecular formula is C15H14N4O2. The Morgan fingerprint density at radius 3 is 2.57 bits per heavy atom. The largest absolute Gasteiger partial charge is 0.339 e. The van der Waals surface area contributed by atoms with Gasteiger partial charge in [-0.3, -0.25) is 10.1 Å². The van der Waals surface area contributed by atoms with E-state index in [1.54, 1.807) is 19.1 Å². The lowest BCUT2D eigenvalue weighted by Crippen LogP contribution is -2.01. The summed E-state index contributed by atoms with van der Waals surface area (Å²) in [5.74, 6) is 0.410. The van der Waals surface area contributed by atoms with Gasteiger partial charge in [0.05, 0.1) is 10.5 Å². The van der Waals surface area contributed by atoms with Crippen LogP contribution in [-0.4, -0.2) is 9.91 Å². The zero-order valence-electron chi connectivity index (χ0n) is 12.0. The number of hydrogen-bond donors (Lipinski definition) is 1. The van der Waals surface area contributed by atoms with Gasteiger partial charge in [0, 0.05) is 23.0 Å². The van der Waals surface area contributed by atoms with Crippen LogP contribution in [0, 0.1) is 42.2 Å². The third-order valence-electron chi connectivity index (χ3n) is 3.13. The summed E-state index contributed by atoms with van der Waals surface area (Å²) in [6, 6.07) is 8.75. The Kier molecular flexibility index (Phi) is 3.85. The molecule has 0 bridgehead atoms. The lowest BCUT2D eigenvalue weighted by molar-refractivity contribution is -0.385. The van der Waals surface area contributed by atoms with E-state index in [1.807, 2.05) is 19.9 Å². The van der Waals surface area contributed by atoms with Crippen LogP contribution in [0.1, 0.15) is 22.4 Å². The van der Waals surface area contributed by atoms with Crippen molar-refractivity contribution in [2.75, 3.05) is 5.32 Å². The molecule has 0 atom stereocenters. The van der Waals surface area contributed by atoms with Gasteiger partial charge in [-0.1, -0.05) is 6.07 Å². The number of benzene rings is 1. The summed E-state index contributed by atoms with van der Waals surface area (Å²) in [6.45, 7) is 5.34. The molecule has 1 heterocycles. The molecule has 0 aliphatic rings. The Morgan fingerprint density at radius 1 is 1.24 bits per heavy atom. The minimum Gasteiger partial charge on any atom is -0.339 e. The molecule has 0 aliphatic heterocycles. The Balaban J connectivity index is 2.46. The molecule has 1 aromatic carbocycles. The molecule has 1 aromatic heterocycles. The van der Waals surface area contributed by atoms with Gasteiger partial charge >= 0.3 is 0 Å². The van der Waals surface area contributed by atoms with E-state index in [-0.39, 0.29) is 5.69 Å². The van der Waals surface area contributed by atoms with Crippen LogP contribution in [0.25, 0.3) is 0 Å². The molecule has 6 nitrogen and oxygen atoms in total. The average Bonchev–Trinajstić information content (AvgIpc) is 2.40. The molecular weight excluding hydrogens is 268 g/mol. The van der Waals surface area contributed by atoms with Gasteiger partial charge in [-0.05, 0) is 38.5 Å². The number of rotatable bonds is 3. The number of pyridine rings is 1. The van der Waals surface area contributed by atoms with Gasteiger partial charge in [0.2, 0.25) is 0 Å². The first kappa shape index (κ1) is 14.5. The summed E-state index contributed by atoms with van der Waals surface area (Å²) in [7, 11) is 0. The predicted octanol–water partition coefficient (Wildman–Crippen LogP) is 3.53. The molecule has 0 spiro atoms. The van der Waals surface area contributed by atoms with Crippen LogP contribution in [0.4, 0.5) is 17.2 Å². The molecule has 0 amide bonds. The second-order valence-corrected chi connectivity index (χ2v) is 4.80. The number of aromatic nitrogens is 1. The molecule has 0 saturated heterocycles. The number of hydrogen-bond acceptors (Lipinski definition) is 5. The molecule has 0 radical (unpaired) electrons. The zero-order chi connectivity index (χ0) is 15.6. The molecule has 0 fully saturated rings. The van der Waals surface area contributed by atoms with Crippen molar-refractivity contribution in [2.24, 2.45) is 0 Å². The van der Waals surface area contributed by atoms with Crippen molar-refractivity contribution >= 4 is 17.2 Å². The first-order chi connectivity index (χ1) is 9.92. The minimum absolute atomic E-state index is 0.0304. The van der Waals surface area contributed by atoms with Crippen molar-refractivity contribution < 1.29 is 4.92 Å². The standard InChI is InChI=1S/C15H14N4O2/c1-9-4-5-12(7-14(9)19(20)21)18-15-13(8-16)10(2)6-11(3)17-15/h4-7H,1-3H3,(H,17,18). The lowest BCUT2D eigenvalue weighted by Gasteiger charge is -2.10. The summed E-state index contributed by atoms with van der Waals surface area (Å²) in [5, 5.41) is 23.2. The van der Waals surface area contributed by atoms with Crippen LogP contribution in [0.15, 0.2) is 24.3 Å². The molecule has 21 heavy (non-hydrogen) atoms. The van der Waals surface area contributed by atoms with Crippen molar-refractivity contribution in [2.45, 2.75) is 20.8 Å². The zero-order valence-corrected chi connectivity index (χ0v) is 12.0. The second kappa shape index (κ2) is 5.59. The summed E-state index contributed by atoms with van der Waals surface area (Å²) in [6.07, 6.45) is 0. The fourth-order valence-corrected chi connectivity index (χ4v) is 2.09. The highest BCUT2D eigenvalue weighted by Crippen LogP contribution is 2.26. The van der Waals surface area contributed by atoms with E-state index < -0.39 is 4.92 Å². The van der Waals surface area contributed by atoms with Crippen LogP contribution in [0.2, 0.25) is 0 Å². The molecule has 1 N–H and O–H groups in total. The maximum atomic E-state index is 11.0. The average molecular weight is 282 g/mol. The van der Waals surface area contributed by atoms with Crippen LogP contribution in [-0.2, 0) is 0 Å². The Bertz CT molecular complexity index is 763. The second-order valence-electron chi connectivity index (χ2n) is 4.80. The van der Waals surface area contributed by atoms with Crippen LogP contribution < -0.4 is 5.32 Å². The number of nitrogens with zero attached hydrogens (tertiary/aromatic N) is 3. The highest BCUT2D eigenvalue weighted by atomic mass is 16.6. The lowest BCUT2D eigenvalue weighted by atomic mass is 10.1. The summed E-state index contributed by atoms with van der Waals surface area (Å²) in [4.78, 5) is 14.8. The van der Waals surface area contributed by atoms with Crippen LogP contribution >= 0.6 is 0 Å². The molecule has 2 rings (SSSR count). The third kappa shape index (κ3) is 2.98. The Labute approximate surface area is 122 Å². The van der Waals surface area contributed by atoms with Crippen molar-refractivity contribution in [3.63, 3.8) is 0 Å². The topological polar surface area (TPSA) is 91.8 Å². The van der Waals surface area contributed by atoms with E-state index in [0.717, 1.165) is 11.3 Å². The van der Waals surface area contributed by atoms with E-state index in [1.165, 1.54) is 6.07 Å². The summed E-state index contributed by atoms with van der Waals surface area (Å²) in [5.41, 5.74) is 3.16. The fourth-order valence-electron chi connectivity index (χ4n) is 2.09. The van der Waals surface area contributed by atoms with Gasteiger partial charge in [-0.25, -0.2) is 4.98 Å². The van der Waals surface area contributed by atoms with Crippen LogP contribution in [0.3, 0.4) is 0 Å². The number of anilines is 2. The molecule has 0 unspecified atom stereocenters. The SMILES string of the molecule is Cc1cc(C)c(C#N)c(Nc2ccc(C)c([N+](=O)[O-])c2)n1. The number of nitro groups is 1. The normalized spacial score (nSPS) is 10.0. The fraction of sp³-hybridized carbons (Fsp3) is 0.200. The highest BCUT2D eigenvalue weighted by Gasteiger charge is 2.13. The molecule has 106 valence electrons. The maximum absolute atomic E-state index is 11.0. The summed E-state index contributed by atoms with van der Waals surface area (Å²) >= 11 is 0. The number of aryl methyl sites for hydroxylation is 3. The first-order valence-corrected chi connectivity index (χ1v) is 6.32. The van der Waals surface area contributed by atoms with E-state index in [4.69, 9.17) is 0 Å². The molecule has 0 aliphatic carbocycles. The van der Waals surface area contributed by atoms with E-state index in [0.29, 0.717) is 22.6 Å². The smallest absolute Gasteiger partial charge is 0.274 e. The van der Waals surface area contributed by atoms with Crippen molar-refractivity contribution in [1.82, 2.24) is 4.98 Å². The number of nitro benzene ring substituents is 1. The van der Waals surface area contributed by atoms with Gasteiger partial charge in [-0.2, -0.15) is 5.26 Å². The molecule has 6 heteroatoms. The number of nitriles is 1. The van der Waals surface area contributed by atoms with E-state index in [2.05, 4.69) is 16.4 Å². The molecule has 2 aromatic rings. The van der Waals surface area contributed by atoms with E-state index >= 15 is 0 Å². The van der Waals surface area contributed by atoms with Gasteiger partial charge in [0.15, 0.2) is 0 Å². The third-order valence-corrected chi connectivity index (χ3v) is 3.13. The summed E-state index contributed by atoms with van der Waals surface area (Å²) < 4.78 is 0. The quantitative estimate of drug-likeness (QED) is 0.686. The van der Waals surface area contributed by atoms with Crippen molar-refractivity contribution in [3.05, 3.63) is 56.8 Å². The van der Waals surface area contributed by atoms with Crippen molar-refractivity contribution in [3.8, 4) is 6.07 Å². The Morgan fingerprint density at radius 2 is 1.95 bits per heavy atom. The van der Waals surface area contributed by atoms with Gasteiger partial charge in [0.1, 0.15) is 11.9 Å².